The Labute approximate surface area is 127 Å². The molecule has 1 unspecified atom stereocenters. The fourth-order valence-electron chi connectivity index (χ4n) is 2.77. The third-order valence-electron chi connectivity index (χ3n) is 4.14. The first kappa shape index (κ1) is 15.3. The molecule has 1 N–H and O–H groups in total. The van der Waals surface area contributed by atoms with Crippen molar-refractivity contribution in [2.75, 3.05) is 6.54 Å². The fraction of sp³-hybridized carbons (Fsp3) is 0.444. The summed E-state index contributed by atoms with van der Waals surface area (Å²) in [4.78, 5) is 1.41. The van der Waals surface area contributed by atoms with Crippen LogP contribution < -0.4 is 5.32 Å². The van der Waals surface area contributed by atoms with Gasteiger partial charge in [0, 0.05) is 4.88 Å². The molecule has 0 bridgehead atoms. The zero-order chi connectivity index (χ0) is 14.7. The lowest BCUT2D eigenvalue weighted by molar-refractivity contribution is 0.600. The molecule has 0 aliphatic heterocycles. The van der Waals surface area contributed by atoms with Crippen LogP contribution in [-0.2, 0) is 0 Å². The number of thiophene rings is 1. The first-order valence-electron chi connectivity index (χ1n) is 7.40. The molecule has 0 spiro atoms. The van der Waals surface area contributed by atoms with E-state index in [1.54, 1.807) is 0 Å². The largest absolute Gasteiger partial charge is 0.306 e. The Kier molecular flexibility index (Phi) is 5.00. The standard InChI is InChI=1S/C18H25NS/c1-6-9-19-18(16-8-7-10-20-16)17-14(4)12(2)11-13(3)15(17)5/h7-8,10-11,18-19H,6,9H2,1-5H3. The molecule has 0 aliphatic rings. The summed E-state index contributed by atoms with van der Waals surface area (Å²) in [6, 6.07) is 7.02. The zero-order valence-corrected chi connectivity index (χ0v) is 14.0. The van der Waals surface area contributed by atoms with Crippen molar-refractivity contribution >= 4 is 11.3 Å². The van der Waals surface area contributed by atoms with E-state index in [-0.39, 0.29) is 0 Å². The Hall–Kier alpha value is -1.12. The van der Waals surface area contributed by atoms with Gasteiger partial charge in [-0.05, 0) is 79.9 Å². The summed E-state index contributed by atoms with van der Waals surface area (Å²) in [5.41, 5.74) is 7.11. The van der Waals surface area contributed by atoms with Crippen molar-refractivity contribution < 1.29 is 0 Å². The number of benzene rings is 1. The molecule has 1 aromatic heterocycles. The number of nitrogens with one attached hydrogen (secondary N) is 1. The summed E-state index contributed by atoms with van der Waals surface area (Å²) in [6.07, 6.45) is 1.16. The highest BCUT2D eigenvalue weighted by atomic mass is 32.1. The first-order valence-corrected chi connectivity index (χ1v) is 8.28. The van der Waals surface area contributed by atoms with Crippen LogP contribution in [0.25, 0.3) is 0 Å². The second-order valence-corrected chi connectivity index (χ2v) is 6.56. The lowest BCUT2D eigenvalue weighted by Gasteiger charge is -2.24. The molecule has 2 aromatic rings. The number of rotatable bonds is 5. The lowest BCUT2D eigenvalue weighted by atomic mass is 9.89. The molecule has 1 atom stereocenters. The van der Waals surface area contributed by atoms with Gasteiger partial charge in [0.05, 0.1) is 6.04 Å². The molecule has 0 radical (unpaired) electrons. The van der Waals surface area contributed by atoms with Crippen LogP contribution in [0.4, 0.5) is 0 Å². The van der Waals surface area contributed by atoms with Crippen molar-refractivity contribution in [1.82, 2.24) is 5.32 Å². The second kappa shape index (κ2) is 6.55. The van der Waals surface area contributed by atoms with Gasteiger partial charge in [0.1, 0.15) is 0 Å². The average Bonchev–Trinajstić information content (AvgIpc) is 2.94. The van der Waals surface area contributed by atoms with Gasteiger partial charge in [-0.25, -0.2) is 0 Å². The highest BCUT2D eigenvalue weighted by molar-refractivity contribution is 7.10. The second-order valence-electron chi connectivity index (χ2n) is 5.58. The van der Waals surface area contributed by atoms with E-state index in [0.29, 0.717) is 6.04 Å². The Morgan fingerprint density at radius 1 is 1.10 bits per heavy atom. The number of aryl methyl sites for hydroxylation is 2. The van der Waals surface area contributed by atoms with Crippen molar-refractivity contribution in [3.63, 3.8) is 0 Å². The SMILES string of the molecule is CCCNC(c1cccs1)c1c(C)c(C)cc(C)c1C. The Balaban J connectivity index is 2.54. The molecule has 1 aromatic carbocycles. The van der Waals surface area contributed by atoms with E-state index in [1.807, 2.05) is 11.3 Å². The van der Waals surface area contributed by atoms with Crippen LogP contribution in [0, 0.1) is 27.7 Å². The predicted molar refractivity (Wildman–Crippen MR) is 89.8 cm³/mol. The highest BCUT2D eigenvalue weighted by Crippen LogP contribution is 2.33. The van der Waals surface area contributed by atoms with E-state index in [2.05, 4.69) is 63.5 Å². The van der Waals surface area contributed by atoms with E-state index in [0.717, 1.165) is 13.0 Å². The van der Waals surface area contributed by atoms with Crippen molar-refractivity contribution in [2.45, 2.75) is 47.1 Å². The fourth-order valence-corrected chi connectivity index (χ4v) is 3.58. The Bertz CT molecular complexity index is 543. The van der Waals surface area contributed by atoms with Gasteiger partial charge in [-0.3, -0.25) is 0 Å². The summed E-state index contributed by atoms with van der Waals surface area (Å²) in [5, 5.41) is 5.90. The van der Waals surface area contributed by atoms with Crippen LogP contribution in [-0.4, -0.2) is 6.54 Å². The van der Waals surface area contributed by atoms with E-state index in [4.69, 9.17) is 0 Å². The molecular formula is C18H25NS. The van der Waals surface area contributed by atoms with Crippen molar-refractivity contribution in [3.05, 3.63) is 56.3 Å². The summed E-state index contributed by atoms with van der Waals surface area (Å²) in [5.74, 6) is 0. The first-order chi connectivity index (χ1) is 9.56. The molecule has 0 saturated carbocycles. The van der Waals surface area contributed by atoms with Crippen molar-refractivity contribution in [1.29, 1.82) is 0 Å². The average molecular weight is 287 g/mol. The maximum absolute atomic E-state index is 3.73. The number of hydrogen-bond donors (Lipinski definition) is 1. The van der Waals surface area contributed by atoms with Gasteiger partial charge in [-0.1, -0.05) is 19.1 Å². The summed E-state index contributed by atoms with van der Waals surface area (Å²) in [6.45, 7) is 12.2. The number of hydrogen-bond acceptors (Lipinski definition) is 2. The molecule has 2 heteroatoms. The monoisotopic (exact) mass is 287 g/mol. The van der Waals surface area contributed by atoms with E-state index in [9.17, 15) is 0 Å². The molecule has 1 nitrogen and oxygen atoms in total. The predicted octanol–water partition coefficient (Wildman–Crippen LogP) is 5.07. The minimum absolute atomic E-state index is 0.327. The van der Waals surface area contributed by atoms with E-state index < -0.39 is 0 Å². The maximum Gasteiger partial charge on any atom is 0.0676 e. The van der Waals surface area contributed by atoms with Crippen LogP contribution in [0.5, 0.6) is 0 Å². The third kappa shape index (κ3) is 2.97. The lowest BCUT2D eigenvalue weighted by Crippen LogP contribution is -2.24. The topological polar surface area (TPSA) is 12.0 Å². The molecule has 1 heterocycles. The normalized spacial score (nSPS) is 12.7. The highest BCUT2D eigenvalue weighted by Gasteiger charge is 2.20. The molecule has 0 saturated heterocycles. The van der Waals surface area contributed by atoms with Crippen LogP contribution >= 0.6 is 11.3 Å². The molecule has 108 valence electrons. The molecule has 0 amide bonds. The van der Waals surface area contributed by atoms with Crippen LogP contribution in [0.2, 0.25) is 0 Å². The minimum Gasteiger partial charge on any atom is -0.306 e. The van der Waals surface area contributed by atoms with Crippen LogP contribution in [0.3, 0.4) is 0 Å². The van der Waals surface area contributed by atoms with Gasteiger partial charge in [0.2, 0.25) is 0 Å². The van der Waals surface area contributed by atoms with Crippen molar-refractivity contribution in [2.24, 2.45) is 0 Å². The summed E-state index contributed by atoms with van der Waals surface area (Å²) >= 11 is 1.84. The van der Waals surface area contributed by atoms with Crippen LogP contribution in [0.15, 0.2) is 23.6 Å². The van der Waals surface area contributed by atoms with Gasteiger partial charge in [0.25, 0.3) is 0 Å². The Morgan fingerprint density at radius 2 is 1.75 bits per heavy atom. The summed E-state index contributed by atoms with van der Waals surface area (Å²) < 4.78 is 0. The van der Waals surface area contributed by atoms with Gasteiger partial charge in [0.15, 0.2) is 0 Å². The third-order valence-corrected chi connectivity index (χ3v) is 5.08. The molecule has 20 heavy (non-hydrogen) atoms. The molecule has 2 rings (SSSR count). The smallest absolute Gasteiger partial charge is 0.0676 e. The zero-order valence-electron chi connectivity index (χ0n) is 13.2. The van der Waals surface area contributed by atoms with Gasteiger partial charge in [-0.2, -0.15) is 0 Å². The van der Waals surface area contributed by atoms with E-state index >= 15 is 0 Å². The van der Waals surface area contributed by atoms with Gasteiger partial charge < -0.3 is 5.32 Å². The molecule has 0 fully saturated rings. The van der Waals surface area contributed by atoms with Gasteiger partial charge in [-0.15, -0.1) is 11.3 Å². The van der Waals surface area contributed by atoms with Gasteiger partial charge >= 0.3 is 0 Å². The minimum atomic E-state index is 0.327. The summed E-state index contributed by atoms with van der Waals surface area (Å²) in [7, 11) is 0. The molecule has 0 aliphatic carbocycles. The van der Waals surface area contributed by atoms with Crippen LogP contribution in [0.1, 0.15) is 52.1 Å². The molecular weight excluding hydrogens is 262 g/mol. The van der Waals surface area contributed by atoms with Crippen molar-refractivity contribution in [3.8, 4) is 0 Å². The maximum atomic E-state index is 3.73. The quantitative estimate of drug-likeness (QED) is 0.809. The van der Waals surface area contributed by atoms with E-state index in [1.165, 1.54) is 32.7 Å². The Morgan fingerprint density at radius 3 is 2.25 bits per heavy atom.